The zero-order chi connectivity index (χ0) is 29.4. The highest BCUT2D eigenvalue weighted by Gasteiger charge is 2.42. The summed E-state index contributed by atoms with van der Waals surface area (Å²) in [6, 6.07) is 10.4. The summed E-state index contributed by atoms with van der Waals surface area (Å²) in [5.74, 6) is 0.919. The number of pyridine rings is 1. The molecule has 1 saturated carbocycles. The van der Waals surface area contributed by atoms with E-state index in [9.17, 15) is 22.2 Å². The van der Waals surface area contributed by atoms with Gasteiger partial charge in [0.2, 0.25) is 5.91 Å². The summed E-state index contributed by atoms with van der Waals surface area (Å²) in [4.78, 5) is 18.7. The SMILES string of the molecule is C=C(CCCS(=O)c1cc2c(o1)C=CC1(C)CC1=C2)C(=O)N(C)CCc1ccnc(-c2ccc(C(F)(F)F)cc2)c1. The average molecular weight is 581 g/mol. The van der Waals surface area contributed by atoms with Gasteiger partial charge in [-0.1, -0.05) is 43.4 Å². The summed E-state index contributed by atoms with van der Waals surface area (Å²) in [5, 5.41) is 0.447. The number of hydrogen-bond acceptors (Lipinski definition) is 4. The van der Waals surface area contributed by atoms with E-state index in [-0.39, 0.29) is 11.3 Å². The van der Waals surface area contributed by atoms with E-state index >= 15 is 0 Å². The first-order valence-corrected chi connectivity index (χ1v) is 14.7. The van der Waals surface area contributed by atoms with Crippen molar-refractivity contribution in [2.24, 2.45) is 5.41 Å². The molecule has 0 bridgehead atoms. The number of likely N-dealkylation sites (N-methyl/N-ethyl adjacent to an activating group) is 1. The van der Waals surface area contributed by atoms with E-state index in [1.54, 1.807) is 18.1 Å². The number of halogens is 3. The molecular weight excluding hydrogens is 549 g/mol. The third kappa shape index (κ3) is 6.62. The molecule has 1 aromatic carbocycles. The minimum Gasteiger partial charge on any atom is -0.447 e. The summed E-state index contributed by atoms with van der Waals surface area (Å²) in [7, 11) is 0.389. The number of fused-ring (bicyclic) bond motifs is 2. The molecule has 5 rings (SSSR count). The maximum Gasteiger partial charge on any atom is 0.416 e. The second-order valence-electron chi connectivity index (χ2n) is 10.8. The van der Waals surface area contributed by atoms with E-state index in [2.05, 4.69) is 30.6 Å². The smallest absolute Gasteiger partial charge is 0.416 e. The van der Waals surface area contributed by atoms with Gasteiger partial charge in [-0.25, -0.2) is 0 Å². The van der Waals surface area contributed by atoms with Gasteiger partial charge in [0.15, 0.2) is 5.09 Å². The van der Waals surface area contributed by atoms with Crippen molar-refractivity contribution in [3.05, 3.63) is 94.9 Å². The average Bonchev–Trinajstić information content (AvgIpc) is 3.45. The number of hydrogen-bond donors (Lipinski definition) is 0. The molecule has 41 heavy (non-hydrogen) atoms. The summed E-state index contributed by atoms with van der Waals surface area (Å²) in [6.07, 6.45) is 5.99. The minimum absolute atomic E-state index is 0.136. The lowest BCUT2D eigenvalue weighted by molar-refractivity contribution is -0.137. The fourth-order valence-corrected chi connectivity index (χ4v) is 5.89. The molecule has 2 atom stereocenters. The maximum absolute atomic E-state index is 12.9. The number of amides is 1. The summed E-state index contributed by atoms with van der Waals surface area (Å²) in [6.45, 7) is 6.56. The van der Waals surface area contributed by atoms with Gasteiger partial charge in [-0.3, -0.25) is 14.0 Å². The third-order valence-electron chi connectivity index (χ3n) is 7.62. The van der Waals surface area contributed by atoms with E-state index in [0.29, 0.717) is 53.5 Å². The number of carbonyl (C=O) groups excluding carboxylic acids is 1. The number of carbonyl (C=O) groups is 1. The predicted octanol–water partition coefficient (Wildman–Crippen LogP) is 7.33. The second kappa shape index (κ2) is 11.3. The first kappa shape index (κ1) is 28.8. The van der Waals surface area contributed by atoms with Crippen molar-refractivity contribution in [3.8, 4) is 11.3 Å². The topological polar surface area (TPSA) is 63.4 Å². The van der Waals surface area contributed by atoms with Gasteiger partial charge in [0.1, 0.15) is 5.76 Å². The van der Waals surface area contributed by atoms with Crippen molar-refractivity contribution in [2.45, 2.75) is 43.9 Å². The van der Waals surface area contributed by atoms with Gasteiger partial charge in [0.25, 0.3) is 0 Å². The van der Waals surface area contributed by atoms with Crippen LogP contribution in [0.2, 0.25) is 0 Å². The van der Waals surface area contributed by atoms with Crippen LogP contribution in [-0.2, 0) is 28.2 Å². The maximum atomic E-state index is 12.9. The third-order valence-corrected chi connectivity index (χ3v) is 8.93. The van der Waals surface area contributed by atoms with Gasteiger partial charge in [-0.05, 0) is 61.6 Å². The lowest BCUT2D eigenvalue weighted by Gasteiger charge is -2.18. The van der Waals surface area contributed by atoms with Crippen molar-refractivity contribution >= 4 is 28.9 Å². The van der Waals surface area contributed by atoms with E-state index in [1.165, 1.54) is 17.7 Å². The second-order valence-corrected chi connectivity index (χ2v) is 12.3. The van der Waals surface area contributed by atoms with Crippen molar-refractivity contribution in [2.75, 3.05) is 19.3 Å². The van der Waals surface area contributed by atoms with E-state index in [0.717, 1.165) is 35.4 Å². The molecule has 0 aliphatic heterocycles. The Balaban J connectivity index is 1.09. The molecule has 9 heteroatoms. The number of nitrogens with zero attached hydrogens (tertiary/aromatic N) is 2. The van der Waals surface area contributed by atoms with E-state index < -0.39 is 22.5 Å². The van der Waals surface area contributed by atoms with Crippen LogP contribution in [0.5, 0.6) is 0 Å². The molecular formula is C32H31F3N2O3S. The van der Waals surface area contributed by atoms with Crippen LogP contribution in [0, 0.1) is 5.41 Å². The highest BCUT2D eigenvalue weighted by atomic mass is 32.2. The Bertz CT molecular complexity index is 1570. The van der Waals surface area contributed by atoms with Gasteiger partial charge in [0.05, 0.1) is 22.1 Å². The molecule has 214 valence electrons. The molecule has 2 heterocycles. The van der Waals surface area contributed by atoms with Crippen LogP contribution in [0.1, 0.15) is 48.6 Å². The lowest BCUT2D eigenvalue weighted by Crippen LogP contribution is -2.30. The van der Waals surface area contributed by atoms with Crippen LogP contribution < -0.4 is 0 Å². The van der Waals surface area contributed by atoms with Crippen molar-refractivity contribution in [3.63, 3.8) is 0 Å². The molecule has 1 amide bonds. The standard InChI is InChI=1S/C32H31F3N2O3S/c1-21(5-4-16-41(39)29-19-24-18-26-20-31(26,2)13-10-28(24)40-29)30(38)37(3)15-12-22-11-14-36-27(17-22)23-6-8-25(9-7-23)32(33,34)35/h6-11,13-14,17-19H,1,4-5,12,15-16,20H2,2-3H3. The number of furan rings is 1. The largest absolute Gasteiger partial charge is 0.447 e. The Kier molecular flexibility index (Phi) is 7.92. The minimum atomic E-state index is -4.39. The van der Waals surface area contributed by atoms with Crippen LogP contribution in [0.3, 0.4) is 0 Å². The number of rotatable bonds is 10. The molecule has 2 aliphatic carbocycles. The van der Waals surface area contributed by atoms with E-state index in [4.69, 9.17) is 4.42 Å². The van der Waals surface area contributed by atoms with Crippen molar-refractivity contribution in [1.82, 2.24) is 9.88 Å². The Morgan fingerprint density at radius 3 is 2.68 bits per heavy atom. The Morgan fingerprint density at radius 1 is 1.20 bits per heavy atom. The monoisotopic (exact) mass is 580 g/mol. The van der Waals surface area contributed by atoms with Crippen LogP contribution in [-0.4, -0.2) is 39.3 Å². The van der Waals surface area contributed by atoms with Gasteiger partial charge in [0, 0.05) is 53.7 Å². The Morgan fingerprint density at radius 2 is 1.95 bits per heavy atom. The van der Waals surface area contributed by atoms with Crippen LogP contribution in [0.15, 0.2) is 82.0 Å². The van der Waals surface area contributed by atoms with Crippen molar-refractivity contribution < 1.29 is 26.6 Å². The van der Waals surface area contributed by atoms with Gasteiger partial charge in [-0.2, -0.15) is 13.2 Å². The van der Waals surface area contributed by atoms with Gasteiger partial charge in [-0.15, -0.1) is 0 Å². The molecule has 3 aromatic rings. The zero-order valence-electron chi connectivity index (χ0n) is 23.0. The number of alkyl halides is 3. The number of aromatic nitrogens is 1. The quantitative estimate of drug-likeness (QED) is 0.236. The molecule has 1 fully saturated rings. The molecule has 0 saturated heterocycles. The summed E-state index contributed by atoms with van der Waals surface area (Å²) >= 11 is 0. The molecule has 2 aliphatic rings. The molecule has 0 radical (unpaired) electrons. The molecule has 2 aromatic heterocycles. The lowest BCUT2D eigenvalue weighted by atomic mass is 10.1. The Labute approximate surface area is 239 Å². The van der Waals surface area contributed by atoms with Crippen molar-refractivity contribution in [1.29, 1.82) is 0 Å². The highest BCUT2D eigenvalue weighted by molar-refractivity contribution is 7.84. The fourth-order valence-electron chi connectivity index (χ4n) is 4.84. The van der Waals surface area contributed by atoms with Crippen LogP contribution >= 0.6 is 0 Å². The van der Waals surface area contributed by atoms with Crippen LogP contribution in [0.25, 0.3) is 23.4 Å². The first-order valence-electron chi connectivity index (χ1n) is 13.4. The molecule has 0 N–H and O–H groups in total. The molecule has 2 unspecified atom stereocenters. The molecule has 5 nitrogen and oxygen atoms in total. The normalized spacial score (nSPS) is 18.1. The zero-order valence-corrected chi connectivity index (χ0v) is 23.8. The summed E-state index contributed by atoms with van der Waals surface area (Å²) in [5.41, 5.74) is 4.24. The van der Waals surface area contributed by atoms with E-state index in [1.807, 2.05) is 24.3 Å². The number of allylic oxidation sites excluding steroid dienone is 2. The van der Waals surface area contributed by atoms with Gasteiger partial charge < -0.3 is 9.32 Å². The Hall–Kier alpha value is -3.72. The molecule has 0 spiro atoms. The number of benzene rings is 1. The predicted molar refractivity (Wildman–Crippen MR) is 154 cm³/mol. The summed E-state index contributed by atoms with van der Waals surface area (Å²) < 4.78 is 57.3. The first-order chi connectivity index (χ1) is 19.4. The highest BCUT2D eigenvalue weighted by Crippen LogP contribution is 2.55. The van der Waals surface area contributed by atoms with Crippen LogP contribution in [0.4, 0.5) is 13.2 Å². The fraction of sp³-hybridized carbons (Fsp3) is 0.312. The van der Waals surface area contributed by atoms with Gasteiger partial charge >= 0.3 is 6.18 Å².